The first kappa shape index (κ1) is 19.7. The second-order valence-electron chi connectivity index (χ2n) is 7.35. The van der Waals surface area contributed by atoms with Crippen molar-refractivity contribution in [2.24, 2.45) is 7.05 Å². The van der Waals surface area contributed by atoms with Crippen LogP contribution in [0.1, 0.15) is 0 Å². The van der Waals surface area contributed by atoms with Crippen molar-refractivity contribution in [3.8, 4) is 34.0 Å². The highest BCUT2D eigenvalue weighted by Crippen LogP contribution is 2.36. The normalized spacial score (nSPS) is 19.6. The molecular weight excluding hydrogens is 427 g/mol. The van der Waals surface area contributed by atoms with Crippen molar-refractivity contribution < 1.29 is 18.9 Å². The van der Waals surface area contributed by atoms with Crippen LogP contribution in [-0.2, 0) is 16.5 Å². The number of hydrogen-bond donors (Lipinski definition) is 0. The van der Waals surface area contributed by atoms with Crippen LogP contribution in [0.5, 0.6) is 11.5 Å². The lowest BCUT2D eigenvalue weighted by atomic mass is 10.1. The van der Waals surface area contributed by atoms with Crippen molar-refractivity contribution in [2.45, 2.75) is 12.2 Å². The molecule has 5 rings (SSSR count). The lowest BCUT2D eigenvalue weighted by Crippen LogP contribution is -2.04. The van der Waals surface area contributed by atoms with Gasteiger partial charge in [-0.1, -0.05) is 23.2 Å². The summed E-state index contributed by atoms with van der Waals surface area (Å²) < 4.78 is 23.5. The maximum Gasteiger partial charge on any atom is 0.120 e. The van der Waals surface area contributed by atoms with Gasteiger partial charge in [0, 0.05) is 18.2 Å². The highest BCUT2D eigenvalue weighted by molar-refractivity contribution is 6.34. The molecule has 0 amide bonds. The number of hydrogen-bond acceptors (Lipinski definition) is 5. The Bertz CT molecular complexity index is 1080. The van der Waals surface area contributed by atoms with Gasteiger partial charge in [-0.3, -0.25) is 4.68 Å². The van der Waals surface area contributed by atoms with E-state index in [-0.39, 0.29) is 12.2 Å². The summed E-state index contributed by atoms with van der Waals surface area (Å²) in [4.78, 5) is 0. The van der Waals surface area contributed by atoms with E-state index in [1.54, 1.807) is 10.7 Å². The van der Waals surface area contributed by atoms with Gasteiger partial charge in [-0.2, -0.15) is 5.10 Å². The second kappa shape index (κ2) is 8.12. The molecule has 2 unspecified atom stereocenters. The number of halogens is 2. The second-order valence-corrected chi connectivity index (χ2v) is 8.17. The largest absolute Gasteiger partial charge is 0.491 e. The molecule has 2 saturated heterocycles. The van der Waals surface area contributed by atoms with Gasteiger partial charge in [0.15, 0.2) is 0 Å². The minimum atomic E-state index is 0.199. The molecular formula is C22H20Cl2N2O4. The topological polar surface area (TPSA) is 61.3 Å². The summed E-state index contributed by atoms with van der Waals surface area (Å²) in [6.07, 6.45) is 0.400. The van der Waals surface area contributed by atoms with Crippen LogP contribution in [-0.4, -0.2) is 48.4 Å². The summed E-state index contributed by atoms with van der Waals surface area (Å²) >= 11 is 13.0. The third-order valence-corrected chi connectivity index (χ3v) is 5.61. The molecule has 30 heavy (non-hydrogen) atoms. The summed E-state index contributed by atoms with van der Waals surface area (Å²) in [5.74, 6) is 1.43. The van der Waals surface area contributed by atoms with E-state index >= 15 is 0 Å². The molecule has 156 valence electrons. The first-order valence-corrected chi connectivity index (χ1v) is 10.4. The van der Waals surface area contributed by atoms with Crippen LogP contribution in [0.4, 0.5) is 0 Å². The number of nitrogens with zero attached hydrogens (tertiary/aromatic N) is 2. The van der Waals surface area contributed by atoms with E-state index in [0.29, 0.717) is 29.0 Å². The Morgan fingerprint density at radius 2 is 1.43 bits per heavy atom. The molecule has 0 bridgehead atoms. The molecule has 2 aliphatic rings. The summed E-state index contributed by atoms with van der Waals surface area (Å²) in [6, 6.07) is 13.2. The average Bonchev–Trinajstić information content (AvgIpc) is 3.65. The number of benzene rings is 2. The highest BCUT2D eigenvalue weighted by Gasteiger charge is 2.24. The smallest absolute Gasteiger partial charge is 0.120 e. The fourth-order valence-electron chi connectivity index (χ4n) is 3.14. The zero-order chi connectivity index (χ0) is 20.7. The molecule has 0 radical (unpaired) electrons. The van der Waals surface area contributed by atoms with E-state index < -0.39 is 0 Å². The van der Waals surface area contributed by atoms with Crippen molar-refractivity contribution in [1.82, 2.24) is 9.78 Å². The number of aromatic nitrogens is 2. The summed E-state index contributed by atoms with van der Waals surface area (Å²) in [7, 11) is 1.88. The molecule has 2 aromatic carbocycles. The van der Waals surface area contributed by atoms with E-state index in [1.807, 2.05) is 43.4 Å². The monoisotopic (exact) mass is 446 g/mol. The maximum atomic E-state index is 6.53. The Labute approximate surface area is 184 Å². The Balaban J connectivity index is 1.36. The lowest BCUT2D eigenvalue weighted by molar-refractivity contribution is 0.263. The predicted molar refractivity (Wildman–Crippen MR) is 115 cm³/mol. The minimum absolute atomic E-state index is 0.199. The minimum Gasteiger partial charge on any atom is -0.491 e. The van der Waals surface area contributed by atoms with E-state index in [4.69, 9.17) is 42.1 Å². The first-order valence-electron chi connectivity index (χ1n) is 9.69. The van der Waals surface area contributed by atoms with Gasteiger partial charge in [0.25, 0.3) is 0 Å². The summed E-state index contributed by atoms with van der Waals surface area (Å²) in [5.41, 5.74) is 3.34. The van der Waals surface area contributed by atoms with Crippen molar-refractivity contribution in [3.63, 3.8) is 0 Å². The third-order valence-electron chi connectivity index (χ3n) is 4.99. The number of rotatable bonds is 8. The van der Waals surface area contributed by atoms with Crippen molar-refractivity contribution in [1.29, 1.82) is 0 Å². The predicted octanol–water partition coefficient (Wildman–Crippen LogP) is 4.62. The van der Waals surface area contributed by atoms with Crippen LogP contribution in [0.25, 0.3) is 22.5 Å². The van der Waals surface area contributed by atoms with Crippen LogP contribution in [0.15, 0.2) is 42.5 Å². The molecule has 2 aliphatic heterocycles. The molecule has 8 heteroatoms. The van der Waals surface area contributed by atoms with Crippen molar-refractivity contribution >= 4 is 23.2 Å². The Kier molecular flexibility index (Phi) is 5.33. The number of epoxide rings is 2. The van der Waals surface area contributed by atoms with E-state index in [9.17, 15) is 0 Å². The highest BCUT2D eigenvalue weighted by atomic mass is 35.5. The van der Waals surface area contributed by atoms with Gasteiger partial charge in [-0.15, -0.1) is 0 Å². The Hall–Kier alpha value is -2.25. The van der Waals surface area contributed by atoms with E-state index in [1.165, 1.54) is 0 Å². The fraction of sp³-hybridized carbons (Fsp3) is 0.318. The fourth-order valence-corrected chi connectivity index (χ4v) is 3.68. The van der Waals surface area contributed by atoms with Crippen LogP contribution in [0, 0.1) is 0 Å². The molecule has 1 aromatic heterocycles. The average molecular weight is 447 g/mol. The molecule has 0 N–H and O–H groups in total. The first-order chi connectivity index (χ1) is 14.6. The van der Waals surface area contributed by atoms with Gasteiger partial charge in [-0.25, -0.2) is 0 Å². The SMILES string of the molecule is Cn1nc(-c2ccc(OCC3CO3)cc2Cl)cc1-c1ccc(OCC2CO2)cc1Cl. The molecule has 6 nitrogen and oxygen atoms in total. The quantitative estimate of drug-likeness (QED) is 0.472. The van der Waals surface area contributed by atoms with Crippen LogP contribution in [0.3, 0.4) is 0 Å². The van der Waals surface area contributed by atoms with Gasteiger partial charge >= 0.3 is 0 Å². The van der Waals surface area contributed by atoms with E-state index in [2.05, 4.69) is 5.10 Å². The summed E-state index contributed by atoms with van der Waals surface area (Å²) in [5, 5.41) is 5.80. The van der Waals surface area contributed by atoms with Gasteiger partial charge in [0.1, 0.15) is 36.9 Å². The molecule has 0 aliphatic carbocycles. The molecule has 0 spiro atoms. The Morgan fingerprint density at radius 1 is 0.900 bits per heavy atom. The molecule has 3 aromatic rings. The standard InChI is InChI=1S/C22H20Cl2N2O4/c1-26-22(18-5-3-14(7-20(18)24)28-10-16-12-30-16)8-21(25-26)17-4-2-13(6-19(17)23)27-9-15-11-29-15/h2-8,15-16H,9-12H2,1H3. The lowest BCUT2D eigenvalue weighted by Gasteiger charge is -2.08. The van der Waals surface area contributed by atoms with Crippen molar-refractivity contribution in [3.05, 3.63) is 52.5 Å². The number of ether oxygens (including phenoxy) is 4. The molecule has 0 saturated carbocycles. The van der Waals surface area contributed by atoms with Gasteiger partial charge in [0.2, 0.25) is 0 Å². The summed E-state index contributed by atoms with van der Waals surface area (Å²) in [6.45, 7) is 2.59. The van der Waals surface area contributed by atoms with Crippen LogP contribution < -0.4 is 9.47 Å². The number of aryl methyl sites for hydroxylation is 1. The van der Waals surface area contributed by atoms with E-state index in [0.717, 1.165) is 41.5 Å². The zero-order valence-electron chi connectivity index (χ0n) is 16.3. The van der Waals surface area contributed by atoms with Gasteiger partial charge in [-0.05, 0) is 42.5 Å². The van der Waals surface area contributed by atoms with Gasteiger partial charge < -0.3 is 18.9 Å². The van der Waals surface area contributed by atoms with Crippen LogP contribution >= 0.6 is 23.2 Å². The molecule has 2 atom stereocenters. The van der Waals surface area contributed by atoms with Crippen molar-refractivity contribution in [2.75, 3.05) is 26.4 Å². The molecule has 3 heterocycles. The zero-order valence-corrected chi connectivity index (χ0v) is 17.8. The Morgan fingerprint density at radius 3 is 1.93 bits per heavy atom. The maximum absolute atomic E-state index is 6.53. The van der Waals surface area contributed by atoms with Gasteiger partial charge in [0.05, 0.1) is 34.6 Å². The third kappa shape index (κ3) is 4.42. The van der Waals surface area contributed by atoms with Crippen LogP contribution in [0.2, 0.25) is 10.0 Å². The molecule has 2 fully saturated rings.